The quantitative estimate of drug-likeness (QED) is 0.0591. The molecule has 0 fully saturated rings. The maximum atomic E-state index is 13.5. The van der Waals surface area contributed by atoms with E-state index >= 15 is 0 Å². The normalized spacial score (nSPS) is 11.8. The molecule has 0 bridgehead atoms. The number of para-hydroxylation sites is 1. The number of benzene rings is 3. The molecule has 1 heterocycles. The van der Waals surface area contributed by atoms with Gasteiger partial charge in [-0.05, 0) is 42.3 Å². The Labute approximate surface area is 291 Å². The zero-order valence-corrected chi connectivity index (χ0v) is 29.5. The number of amides is 1. The summed E-state index contributed by atoms with van der Waals surface area (Å²) in [5, 5.41) is 3.53. The van der Waals surface area contributed by atoms with Crippen LogP contribution in [-0.4, -0.2) is 28.0 Å². The van der Waals surface area contributed by atoms with Crippen LogP contribution in [0, 0.1) is 0 Å². The Balaban J connectivity index is 1.31. The largest absolute Gasteiger partial charge is 0.462 e. The Hall–Kier alpha value is -3.49. The van der Waals surface area contributed by atoms with Crippen molar-refractivity contribution < 1.29 is 14.3 Å². The highest BCUT2D eigenvalue weighted by molar-refractivity contribution is 9.09. The smallest absolute Gasteiger partial charge is 0.338 e. The first kappa shape index (κ1) is 36.3. The molecule has 4 rings (SSSR count). The summed E-state index contributed by atoms with van der Waals surface area (Å²) in [5.41, 5.74) is 1.69. The molecule has 0 aliphatic carbocycles. The summed E-state index contributed by atoms with van der Waals surface area (Å²) in [7, 11) is 0. The zero-order chi connectivity index (χ0) is 33.4. The van der Waals surface area contributed by atoms with E-state index in [2.05, 4.69) is 28.2 Å². The van der Waals surface area contributed by atoms with Crippen LogP contribution in [0.3, 0.4) is 0 Å². The molecule has 3 aromatic carbocycles. The highest BCUT2D eigenvalue weighted by Gasteiger charge is 2.25. The van der Waals surface area contributed by atoms with E-state index in [0.717, 1.165) is 24.8 Å². The number of aromatic nitrogens is 2. The number of anilines is 1. The molecule has 7 nitrogen and oxygen atoms in total. The predicted octanol–water partition coefficient (Wildman–Crippen LogP) is 10.0. The van der Waals surface area contributed by atoms with Crippen molar-refractivity contribution in [3.05, 3.63) is 105 Å². The molecule has 0 radical (unpaired) electrons. The maximum absolute atomic E-state index is 13.5. The molecule has 47 heavy (non-hydrogen) atoms. The van der Waals surface area contributed by atoms with E-state index in [-0.39, 0.29) is 28.6 Å². The topological polar surface area (TPSA) is 90.3 Å². The first-order valence-electron chi connectivity index (χ1n) is 16.8. The first-order chi connectivity index (χ1) is 22.9. The van der Waals surface area contributed by atoms with Gasteiger partial charge in [-0.25, -0.2) is 9.78 Å². The summed E-state index contributed by atoms with van der Waals surface area (Å²) in [6.07, 6.45) is 14.8. The molecule has 1 amide bonds. The van der Waals surface area contributed by atoms with Gasteiger partial charge in [-0.15, -0.1) is 0 Å². The lowest BCUT2D eigenvalue weighted by molar-refractivity contribution is -0.115. The van der Waals surface area contributed by atoms with E-state index in [9.17, 15) is 14.4 Å². The van der Waals surface area contributed by atoms with Crippen LogP contribution in [0.2, 0.25) is 5.02 Å². The fraction of sp³-hybridized carbons (Fsp3) is 0.421. The van der Waals surface area contributed by atoms with Crippen LogP contribution in [0.25, 0.3) is 10.9 Å². The van der Waals surface area contributed by atoms with Crippen molar-refractivity contribution in [2.75, 3.05) is 11.9 Å². The lowest BCUT2D eigenvalue weighted by Crippen LogP contribution is -2.30. The standard InChI is InChI=1S/C38H45BrClN3O4/c1-2-3-4-5-6-7-8-9-10-11-12-18-25-47-38(46)29-23-24-31(40)33(26-29)42-36(44)34(39)35-41-32-22-17-16-21-30(32)37(45)43(35)27-28-19-14-13-15-20-28/h13-17,19-24,26,34H,2-12,18,25,27H2,1H3,(H,42,44). The van der Waals surface area contributed by atoms with Crippen LogP contribution in [0.1, 0.15) is 111 Å². The van der Waals surface area contributed by atoms with Crippen molar-refractivity contribution in [3.63, 3.8) is 0 Å². The van der Waals surface area contributed by atoms with Gasteiger partial charge in [-0.3, -0.25) is 14.2 Å². The molecule has 1 N–H and O–H groups in total. The Kier molecular flexibility index (Phi) is 15.0. The first-order valence-corrected chi connectivity index (χ1v) is 18.1. The highest BCUT2D eigenvalue weighted by atomic mass is 79.9. The number of unbranched alkanes of at least 4 members (excludes halogenated alkanes) is 11. The number of hydrogen-bond acceptors (Lipinski definition) is 5. The molecule has 0 aliphatic rings. The maximum Gasteiger partial charge on any atom is 0.338 e. The average molecular weight is 723 g/mol. The van der Waals surface area contributed by atoms with E-state index < -0.39 is 16.7 Å². The molecule has 0 saturated heterocycles. The van der Waals surface area contributed by atoms with Crippen molar-refractivity contribution in [1.29, 1.82) is 0 Å². The molecular formula is C38H45BrClN3O4. The number of carbonyl (C=O) groups excluding carboxylic acids is 2. The van der Waals surface area contributed by atoms with Crippen LogP contribution in [-0.2, 0) is 16.1 Å². The van der Waals surface area contributed by atoms with Gasteiger partial charge < -0.3 is 10.1 Å². The molecule has 0 saturated carbocycles. The minimum absolute atomic E-state index is 0.240. The third-order valence-electron chi connectivity index (χ3n) is 8.22. The number of carbonyl (C=O) groups is 2. The van der Waals surface area contributed by atoms with Gasteiger partial charge in [-0.1, -0.05) is 148 Å². The van der Waals surface area contributed by atoms with Gasteiger partial charge in [0, 0.05) is 0 Å². The number of rotatable bonds is 19. The summed E-state index contributed by atoms with van der Waals surface area (Å²) >= 11 is 9.90. The van der Waals surface area contributed by atoms with Crippen molar-refractivity contribution in [2.45, 2.75) is 95.3 Å². The second kappa shape index (κ2) is 19.4. The Bertz CT molecular complexity index is 1660. The zero-order valence-electron chi connectivity index (χ0n) is 27.2. The van der Waals surface area contributed by atoms with Gasteiger partial charge in [0.05, 0.1) is 40.3 Å². The van der Waals surface area contributed by atoms with Gasteiger partial charge in [0.2, 0.25) is 5.91 Å². The number of halogens is 2. The monoisotopic (exact) mass is 721 g/mol. The van der Waals surface area contributed by atoms with Crippen LogP contribution in [0.5, 0.6) is 0 Å². The fourth-order valence-electron chi connectivity index (χ4n) is 5.55. The van der Waals surface area contributed by atoms with Crippen molar-refractivity contribution in [3.8, 4) is 0 Å². The van der Waals surface area contributed by atoms with Gasteiger partial charge in [0.25, 0.3) is 5.56 Å². The lowest BCUT2D eigenvalue weighted by atomic mass is 10.1. The van der Waals surface area contributed by atoms with Gasteiger partial charge in [0.15, 0.2) is 4.83 Å². The highest BCUT2D eigenvalue weighted by Crippen LogP contribution is 2.28. The molecule has 1 atom stereocenters. The number of hydrogen-bond donors (Lipinski definition) is 1. The van der Waals surface area contributed by atoms with Crippen molar-refractivity contribution >= 4 is 56.0 Å². The number of alkyl halides is 1. The second-order valence-corrected chi connectivity index (χ2v) is 13.3. The van der Waals surface area contributed by atoms with E-state index in [0.29, 0.717) is 23.1 Å². The molecule has 9 heteroatoms. The van der Waals surface area contributed by atoms with E-state index in [4.69, 9.17) is 21.3 Å². The minimum Gasteiger partial charge on any atom is -0.462 e. The number of ether oxygens (including phenoxy) is 1. The Morgan fingerprint density at radius 1 is 0.851 bits per heavy atom. The van der Waals surface area contributed by atoms with Crippen LogP contribution in [0.15, 0.2) is 77.6 Å². The lowest BCUT2D eigenvalue weighted by Gasteiger charge is -2.18. The van der Waals surface area contributed by atoms with Crippen molar-refractivity contribution in [2.24, 2.45) is 0 Å². The summed E-state index contributed by atoms with van der Waals surface area (Å²) in [6, 6.07) is 21.2. The molecule has 0 spiro atoms. The van der Waals surface area contributed by atoms with Gasteiger partial charge in [-0.2, -0.15) is 0 Å². The van der Waals surface area contributed by atoms with Crippen LogP contribution < -0.4 is 10.9 Å². The van der Waals surface area contributed by atoms with E-state index in [1.807, 2.05) is 30.3 Å². The second-order valence-electron chi connectivity index (χ2n) is 11.9. The van der Waals surface area contributed by atoms with Crippen LogP contribution >= 0.6 is 27.5 Å². The summed E-state index contributed by atoms with van der Waals surface area (Å²) in [6.45, 7) is 2.83. The average Bonchev–Trinajstić information content (AvgIpc) is 3.09. The Morgan fingerprint density at radius 3 is 2.15 bits per heavy atom. The summed E-state index contributed by atoms with van der Waals surface area (Å²) in [4.78, 5) is 43.6. The fourth-order valence-corrected chi connectivity index (χ4v) is 6.18. The summed E-state index contributed by atoms with van der Waals surface area (Å²) < 4.78 is 7.01. The van der Waals surface area contributed by atoms with Crippen LogP contribution in [0.4, 0.5) is 5.69 Å². The molecular weight excluding hydrogens is 678 g/mol. The van der Waals surface area contributed by atoms with E-state index in [1.54, 1.807) is 36.4 Å². The van der Waals surface area contributed by atoms with E-state index in [1.165, 1.54) is 68.4 Å². The predicted molar refractivity (Wildman–Crippen MR) is 195 cm³/mol. The number of nitrogens with one attached hydrogen (secondary N) is 1. The molecule has 4 aromatic rings. The third kappa shape index (κ3) is 11.0. The van der Waals surface area contributed by atoms with Gasteiger partial charge >= 0.3 is 5.97 Å². The minimum atomic E-state index is -0.985. The molecule has 250 valence electrons. The molecule has 1 aromatic heterocycles. The van der Waals surface area contributed by atoms with Gasteiger partial charge in [0.1, 0.15) is 5.82 Å². The number of esters is 1. The molecule has 1 unspecified atom stereocenters. The SMILES string of the molecule is CCCCCCCCCCCCCCOC(=O)c1ccc(Cl)c(NC(=O)C(Br)c2nc3ccccc3c(=O)n2Cc2ccccc2)c1. The number of fused-ring (bicyclic) bond motifs is 1. The van der Waals surface area contributed by atoms with Crippen molar-refractivity contribution in [1.82, 2.24) is 9.55 Å². The third-order valence-corrected chi connectivity index (χ3v) is 9.38. The molecule has 0 aliphatic heterocycles. The number of nitrogens with zero attached hydrogens (tertiary/aromatic N) is 2. The summed E-state index contributed by atoms with van der Waals surface area (Å²) in [5.74, 6) is -0.703. The Morgan fingerprint density at radius 2 is 1.47 bits per heavy atom.